The van der Waals surface area contributed by atoms with Gasteiger partial charge in [0.1, 0.15) is 17.4 Å². The van der Waals surface area contributed by atoms with Gasteiger partial charge >= 0.3 is 0 Å². The van der Waals surface area contributed by atoms with Gasteiger partial charge in [0.05, 0.1) is 22.6 Å². The molecule has 1 aliphatic carbocycles. The highest BCUT2D eigenvalue weighted by Crippen LogP contribution is 2.25. The second-order valence-corrected chi connectivity index (χ2v) is 8.89. The lowest BCUT2D eigenvalue weighted by Crippen LogP contribution is -2.42. The first-order valence-electron chi connectivity index (χ1n) is 10.7. The first kappa shape index (κ1) is 23.3. The molecule has 0 bridgehead atoms. The van der Waals surface area contributed by atoms with Gasteiger partial charge in [-0.2, -0.15) is 0 Å². The highest BCUT2D eigenvalue weighted by molar-refractivity contribution is 6.31. The van der Waals surface area contributed by atoms with Crippen molar-refractivity contribution in [2.75, 3.05) is 6.61 Å². The first-order chi connectivity index (χ1) is 15.9. The maximum Gasteiger partial charge on any atom is 0.258 e. The van der Waals surface area contributed by atoms with E-state index in [4.69, 9.17) is 27.9 Å². The SMILES string of the molecule is O=C(COc1ccc(Cl)c(F)c1)NC1CCC(C(=O)NCc2nc3ccc(Cl)cc3[nH]2)CC1. The Balaban J connectivity index is 1.18. The molecule has 1 aliphatic rings. The monoisotopic (exact) mass is 492 g/mol. The molecule has 10 heteroatoms. The molecule has 33 heavy (non-hydrogen) atoms. The lowest BCUT2D eigenvalue weighted by Gasteiger charge is -2.28. The highest BCUT2D eigenvalue weighted by Gasteiger charge is 2.27. The van der Waals surface area contributed by atoms with Crippen molar-refractivity contribution >= 4 is 46.0 Å². The predicted octanol–water partition coefficient (Wildman–Crippen LogP) is 4.38. The first-order valence-corrected chi connectivity index (χ1v) is 11.4. The average Bonchev–Trinajstić information content (AvgIpc) is 3.21. The van der Waals surface area contributed by atoms with E-state index in [2.05, 4.69) is 20.6 Å². The van der Waals surface area contributed by atoms with Gasteiger partial charge in [-0.25, -0.2) is 9.37 Å². The summed E-state index contributed by atoms with van der Waals surface area (Å²) in [4.78, 5) is 32.3. The molecule has 1 aromatic heterocycles. The lowest BCUT2D eigenvalue weighted by molar-refractivity contribution is -0.126. The van der Waals surface area contributed by atoms with Crippen LogP contribution in [0.15, 0.2) is 36.4 Å². The van der Waals surface area contributed by atoms with Crippen LogP contribution >= 0.6 is 23.2 Å². The Morgan fingerprint density at radius 1 is 1.12 bits per heavy atom. The molecule has 0 aliphatic heterocycles. The summed E-state index contributed by atoms with van der Waals surface area (Å²) >= 11 is 11.6. The Kier molecular flexibility index (Phi) is 7.35. The third-order valence-electron chi connectivity index (χ3n) is 5.65. The molecule has 3 aromatic rings. The van der Waals surface area contributed by atoms with Crippen molar-refractivity contribution in [3.63, 3.8) is 0 Å². The van der Waals surface area contributed by atoms with Crippen LogP contribution in [0.1, 0.15) is 31.5 Å². The molecule has 1 saturated carbocycles. The molecule has 0 spiro atoms. The minimum atomic E-state index is -0.601. The van der Waals surface area contributed by atoms with Crippen LogP contribution in [0.2, 0.25) is 10.0 Å². The van der Waals surface area contributed by atoms with Gasteiger partial charge in [0, 0.05) is 23.0 Å². The van der Waals surface area contributed by atoms with E-state index in [0.717, 1.165) is 17.1 Å². The number of nitrogens with one attached hydrogen (secondary N) is 3. The molecule has 0 unspecified atom stereocenters. The number of hydrogen-bond acceptors (Lipinski definition) is 4. The number of carbonyl (C=O) groups excluding carboxylic acids is 2. The van der Waals surface area contributed by atoms with Crippen LogP contribution in [0.5, 0.6) is 5.75 Å². The van der Waals surface area contributed by atoms with Crippen molar-refractivity contribution in [1.82, 2.24) is 20.6 Å². The summed E-state index contributed by atoms with van der Waals surface area (Å²) in [5.74, 6) is -0.113. The zero-order valence-corrected chi connectivity index (χ0v) is 19.2. The van der Waals surface area contributed by atoms with Gasteiger partial charge in [0.2, 0.25) is 5.91 Å². The molecule has 7 nitrogen and oxygen atoms in total. The highest BCUT2D eigenvalue weighted by atomic mass is 35.5. The average molecular weight is 493 g/mol. The molecule has 4 rings (SSSR count). The van der Waals surface area contributed by atoms with Crippen LogP contribution in [-0.2, 0) is 16.1 Å². The Morgan fingerprint density at radius 3 is 2.67 bits per heavy atom. The van der Waals surface area contributed by atoms with E-state index in [1.807, 2.05) is 6.07 Å². The Labute approximate surface area is 200 Å². The van der Waals surface area contributed by atoms with Gasteiger partial charge in [-0.1, -0.05) is 23.2 Å². The van der Waals surface area contributed by atoms with Crippen LogP contribution in [0.25, 0.3) is 11.0 Å². The van der Waals surface area contributed by atoms with E-state index in [9.17, 15) is 14.0 Å². The second kappa shape index (κ2) is 10.4. The quantitative estimate of drug-likeness (QED) is 0.455. The summed E-state index contributed by atoms with van der Waals surface area (Å²) in [6.45, 7) is 0.0919. The molecule has 0 radical (unpaired) electrons. The van der Waals surface area contributed by atoms with Crippen LogP contribution in [0.3, 0.4) is 0 Å². The minimum absolute atomic E-state index is 0.00454. The standard InChI is InChI=1S/C23H23Cl2FN4O3/c24-14-3-8-19-20(9-14)30-21(29-19)11-27-23(32)13-1-4-15(5-2-13)28-22(31)12-33-16-6-7-17(25)18(26)10-16/h3,6-10,13,15H,1-2,4-5,11-12H2,(H,27,32)(H,28,31)(H,29,30). The number of hydrogen-bond donors (Lipinski definition) is 3. The number of halogens is 3. The zero-order chi connectivity index (χ0) is 23.4. The number of carbonyl (C=O) groups is 2. The lowest BCUT2D eigenvalue weighted by atomic mass is 9.85. The number of H-pyrrole nitrogens is 1. The fraction of sp³-hybridized carbons (Fsp3) is 0.348. The van der Waals surface area contributed by atoms with Crippen LogP contribution < -0.4 is 15.4 Å². The zero-order valence-electron chi connectivity index (χ0n) is 17.7. The van der Waals surface area contributed by atoms with Gasteiger partial charge in [-0.05, 0) is 56.0 Å². The van der Waals surface area contributed by atoms with E-state index < -0.39 is 5.82 Å². The second-order valence-electron chi connectivity index (χ2n) is 8.04. The van der Waals surface area contributed by atoms with Crippen LogP contribution in [-0.4, -0.2) is 34.4 Å². The maximum atomic E-state index is 13.4. The third-order valence-corrected chi connectivity index (χ3v) is 6.19. The summed E-state index contributed by atoms with van der Waals surface area (Å²) in [5, 5.41) is 6.46. The van der Waals surface area contributed by atoms with E-state index in [1.165, 1.54) is 12.1 Å². The summed E-state index contributed by atoms with van der Waals surface area (Å²) in [6.07, 6.45) is 2.75. The smallest absolute Gasteiger partial charge is 0.258 e. The molecule has 3 N–H and O–H groups in total. The van der Waals surface area contributed by atoms with Gasteiger partial charge in [0.15, 0.2) is 6.61 Å². The number of aromatic nitrogens is 2. The summed E-state index contributed by atoms with van der Waals surface area (Å²) in [6, 6.07) is 9.39. The van der Waals surface area contributed by atoms with Gasteiger partial charge in [-0.15, -0.1) is 0 Å². The third kappa shape index (κ3) is 6.15. The summed E-state index contributed by atoms with van der Waals surface area (Å²) < 4.78 is 18.8. The van der Waals surface area contributed by atoms with Crippen molar-refractivity contribution in [2.24, 2.45) is 5.92 Å². The molecule has 1 fully saturated rings. The molecular weight excluding hydrogens is 470 g/mol. The normalized spacial score (nSPS) is 18.2. The Bertz CT molecular complexity index is 1160. The molecular formula is C23H23Cl2FN4O3. The van der Waals surface area contributed by atoms with E-state index in [-0.39, 0.29) is 41.2 Å². The number of fused-ring (bicyclic) bond motifs is 1. The van der Waals surface area contributed by atoms with Crippen LogP contribution in [0, 0.1) is 11.7 Å². The number of ether oxygens (including phenoxy) is 1. The number of benzene rings is 2. The number of aromatic amines is 1. The molecule has 2 aromatic carbocycles. The minimum Gasteiger partial charge on any atom is -0.484 e. The topological polar surface area (TPSA) is 96.1 Å². The number of rotatable bonds is 7. The van der Waals surface area contributed by atoms with E-state index in [1.54, 1.807) is 12.1 Å². The Hall–Kier alpha value is -2.84. The predicted molar refractivity (Wildman–Crippen MR) is 124 cm³/mol. The molecule has 0 saturated heterocycles. The van der Waals surface area contributed by atoms with Crippen molar-refractivity contribution in [3.05, 3.63) is 58.1 Å². The summed E-state index contributed by atoms with van der Waals surface area (Å²) in [5.41, 5.74) is 1.62. The number of amides is 2. The van der Waals surface area contributed by atoms with Crippen molar-refractivity contribution in [3.8, 4) is 5.75 Å². The van der Waals surface area contributed by atoms with Crippen molar-refractivity contribution in [2.45, 2.75) is 38.3 Å². The molecule has 0 atom stereocenters. The van der Waals surface area contributed by atoms with Crippen molar-refractivity contribution < 1.29 is 18.7 Å². The van der Waals surface area contributed by atoms with Gasteiger partial charge in [-0.3, -0.25) is 9.59 Å². The molecule has 1 heterocycles. The molecule has 2 amide bonds. The maximum absolute atomic E-state index is 13.4. The Morgan fingerprint density at radius 2 is 1.91 bits per heavy atom. The van der Waals surface area contributed by atoms with Crippen molar-refractivity contribution in [1.29, 1.82) is 0 Å². The number of imidazole rings is 1. The van der Waals surface area contributed by atoms with E-state index >= 15 is 0 Å². The fourth-order valence-electron chi connectivity index (χ4n) is 3.92. The van der Waals surface area contributed by atoms with E-state index in [0.29, 0.717) is 43.1 Å². The largest absolute Gasteiger partial charge is 0.484 e. The fourth-order valence-corrected chi connectivity index (χ4v) is 4.21. The van der Waals surface area contributed by atoms with Gasteiger partial charge < -0.3 is 20.4 Å². The van der Waals surface area contributed by atoms with Crippen LogP contribution in [0.4, 0.5) is 4.39 Å². The molecule has 174 valence electrons. The number of nitrogens with zero attached hydrogens (tertiary/aromatic N) is 1. The van der Waals surface area contributed by atoms with Gasteiger partial charge in [0.25, 0.3) is 5.91 Å². The summed E-state index contributed by atoms with van der Waals surface area (Å²) in [7, 11) is 0.